The lowest BCUT2D eigenvalue weighted by atomic mass is 9.82. The molecule has 31 heavy (non-hydrogen) atoms. The van der Waals surface area contributed by atoms with E-state index in [1.165, 1.54) is 12.0 Å². The highest BCUT2D eigenvalue weighted by atomic mass is 16.5. The maximum Gasteiger partial charge on any atom is 0.337 e. The third kappa shape index (κ3) is 4.10. The standard InChI is InChI=1S/C25H27NO5/c1-6-15-7-9-16(10-8-15)20-19(22(28)25(2,3)4)21(27)23(29)26(20)18-13-11-17(12-14-18)24(30)31-5/h7-14,20,27H,6H2,1-5H3. The van der Waals surface area contributed by atoms with Gasteiger partial charge in [-0.05, 0) is 41.8 Å². The van der Waals surface area contributed by atoms with Crippen LogP contribution in [0.1, 0.15) is 55.2 Å². The fraction of sp³-hybridized carbons (Fsp3) is 0.320. The zero-order valence-electron chi connectivity index (χ0n) is 18.4. The number of Topliss-reactive ketones (excluding diaryl/α,β-unsaturated/α-hetero) is 1. The van der Waals surface area contributed by atoms with E-state index in [2.05, 4.69) is 0 Å². The second kappa shape index (κ2) is 8.38. The summed E-state index contributed by atoms with van der Waals surface area (Å²) >= 11 is 0. The summed E-state index contributed by atoms with van der Waals surface area (Å²) in [6, 6.07) is 13.2. The Kier molecular flexibility index (Phi) is 6.02. The molecule has 0 saturated carbocycles. The van der Waals surface area contributed by atoms with Crippen LogP contribution >= 0.6 is 0 Å². The van der Waals surface area contributed by atoms with Gasteiger partial charge in [-0.25, -0.2) is 4.79 Å². The molecule has 162 valence electrons. The first-order valence-electron chi connectivity index (χ1n) is 10.2. The molecule has 2 aromatic rings. The van der Waals surface area contributed by atoms with Crippen molar-refractivity contribution in [3.05, 3.63) is 76.6 Å². The van der Waals surface area contributed by atoms with Gasteiger partial charge in [0.1, 0.15) is 0 Å². The van der Waals surface area contributed by atoms with Crippen molar-refractivity contribution in [2.75, 3.05) is 12.0 Å². The molecule has 1 aliphatic rings. The number of hydrogen-bond acceptors (Lipinski definition) is 5. The molecular weight excluding hydrogens is 394 g/mol. The fourth-order valence-corrected chi connectivity index (χ4v) is 3.63. The number of aryl methyl sites for hydroxylation is 1. The minimum absolute atomic E-state index is 0.0822. The van der Waals surface area contributed by atoms with Gasteiger partial charge in [0.15, 0.2) is 11.5 Å². The summed E-state index contributed by atoms with van der Waals surface area (Å²) in [5.74, 6) is -1.98. The number of esters is 1. The predicted molar refractivity (Wildman–Crippen MR) is 118 cm³/mol. The molecule has 2 aromatic carbocycles. The van der Waals surface area contributed by atoms with Crippen LogP contribution in [0.5, 0.6) is 0 Å². The number of ether oxygens (including phenoxy) is 1. The number of aliphatic hydroxyl groups excluding tert-OH is 1. The van der Waals surface area contributed by atoms with Gasteiger partial charge < -0.3 is 9.84 Å². The number of ketones is 1. The molecular formula is C25H27NO5. The van der Waals surface area contributed by atoms with Crippen LogP contribution in [0, 0.1) is 5.41 Å². The van der Waals surface area contributed by atoms with Gasteiger partial charge in [-0.15, -0.1) is 0 Å². The van der Waals surface area contributed by atoms with Crippen LogP contribution in [0.2, 0.25) is 0 Å². The Morgan fingerprint density at radius 2 is 1.61 bits per heavy atom. The van der Waals surface area contributed by atoms with Crippen LogP contribution in [0.25, 0.3) is 0 Å². The van der Waals surface area contributed by atoms with Crippen molar-refractivity contribution >= 4 is 23.3 Å². The number of rotatable bonds is 5. The van der Waals surface area contributed by atoms with Gasteiger partial charge in [-0.3, -0.25) is 14.5 Å². The van der Waals surface area contributed by atoms with E-state index in [9.17, 15) is 19.5 Å². The number of amides is 1. The summed E-state index contributed by atoms with van der Waals surface area (Å²) in [5, 5.41) is 10.7. The summed E-state index contributed by atoms with van der Waals surface area (Å²) in [7, 11) is 1.29. The molecule has 0 saturated heterocycles. The fourth-order valence-electron chi connectivity index (χ4n) is 3.63. The zero-order valence-corrected chi connectivity index (χ0v) is 18.4. The first kappa shape index (κ1) is 22.3. The normalized spacial score (nSPS) is 16.6. The van der Waals surface area contributed by atoms with Gasteiger partial charge in [0, 0.05) is 11.1 Å². The topological polar surface area (TPSA) is 83.9 Å². The number of methoxy groups -OCH3 is 1. The van der Waals surface area contributed by atoms with E-state index in [1.807, 2.05) is 31.2 Å². The van der Waals surface area contributed by atoms with Crippen LogP contribution in [0.15, 0.2) is 59.9 Å². The third-order valence-corrected chi connectivity index (χ3v) is 5.40. The monoisotopic (exact) mass is 421 g/mol. The van der Waals surface area contributed by atoms with E-state index < -0.39 is 29.1 Å². The van der Waals surface area contributed by atoms with E-state index in [-0.39, 0.29) is 11.4 Å². The Bertz CT molecular complexity index is 1040. The second-order valence-electron chi connectivity index (χ2n) is 8.55. The van der Waals surface area contributed by atoms with Gasteiger partial charge in [0.25, 0.3) is 5.91 Å². The summed E-state index contributed by atoms with van der Waals surface area (Å²) in [6.07, 6.45) is 0.859. The summed E-state index contributed by atoms with van der Waals surface area (Å²) in [6.45, 7) is 7.31. The molecule has 6 heteroatoms. The first-order valence-corrected chi connectivity index (χ1v) is 10.2. The van der Waals surface area contributed by atoms with Gasteiger partial charge in [0.2, 0.25) is 0 Å². The maximum atomic E-state index is 13.2. The molecule has 0 bridgehead atoms. The highest BCUT2D eigenvalue weighted by Gasteiger charge is 2.46. The predicted octanol–water partition coefficient (Wildman–Crippen LogP) is 4.55. The van der Waals surface area contributed by atoms with Crippen molar-refractivity contribution < 1.29 is 24.2 Å². The van der Waals surface area contributed by atoms with E-state index in [1.54, 1.807) is 45.0 Å². The highest BCUT2D eigenvalue weighted by molar-refractivity contribution is 6.17. The lowest BCUT2D eigenvalue weighted by molar-refractivity contribution is -0.123. The Morgan fingerprint density at radius 1 is 1.03 bits per heavy atom. The number of aliphatic hydroxyl groups is 1. The van der Waals surface area contributed by atoms with Crippen molar-refractivity contribution in [3.8, 4) is 0 Å². The van der Waals surface area contributed by atoms with Crippen molar-refractivity contribution in [1.29, 1.82) is 0 Å². The minimum atomic E-state index is -0.782. The molecule has 0 aliphatic carbocycles. The van der Waals surface area contributed by atoms with Crippen molar-refractivity contribution in [2.45, 2.75) is 40.2 Å². The highest BCUT2D eigenvalue weighted by Crippen LogP contribution is 2.43. The molecule has 1 N–H and O–H groups in total. The van der Waals surface area contributed by atoms with Crippen LogP contribution in [0.4, 0.5) is 5.69 Å². The number of anilines is 1. The van der Waals surface area contributed by atoms with E-state index in [0.29, 0.717) is 11.3 Å². The zero-order chi connectivity index (χ0) is 22.9. The quantitative estimate of drug-likeness (QED) is 0.716. The molecule has 0 spiro atoms. The summed E-state index contributed by atoms with van der Waals surface area (Å²) in [4.78, 5) is 39.5. The van der Waals surface area contributed by atoms with E-state index >= 15 is 0 Å². The molecule has 0 fully saturated rings. The Hall–Kier alpha value is -3.41. The lowest BCUT2D eigenvalue weighted by Crippen LogP contribution is -2.32. The molecule has 1 heterocycles. The van der Waals surface area contributed by atoms with E-state index in [4.69, 9.17) is 4.74 Å². The maximum absolute atomic E-state index is 13.2. The Labute approximate surface area is 182 Å². The molecule has 1 amide bonds. The average molecular weight is 421 g/mol. The molecule has 0 aromatic heterocycles. The summed E-state index contributed by atoms with van der Waals surface area (Å²) in [5.41, 5.74) is 1.95. The van der Waals surface area contributed by atoms with Crippen LogP contribution in [0.3, 0.4) is 0 Å². The van der Waals surface area contributed by atoms with Gasteiger partial charge in [0.05, 0.1) is 24.3 Å². The van der Waals surface area contributed by atoms with Gasteiger partial charge >= 0.3 is 5.97 Å². The first-order chi connectivity index (χ1) is 14.6. The van der Waals surface area contributed by atoms with Gasteiger partial charge in [-0.1, -0.05) is 52.0 Å². The average Bonchev–Trinajstić information content (AvgIpc) is 3.02. The van der Waals surface area contributed by atoms with Crippen molar-refractivity contribution in [1.82, 2.24) is 0 Å². The van der Waals surface area contributed by atoms with E-state index in [0.717, 1.165) is 17.5 Å². The number of carbonyl (C=O) groups is 3. The third-order valence-electron chi connectivity index (χ3n) is 5.40. The number of benzene rings is 2. The smallest absolute Gasteiger partial charge is 0.337 e. The Balaban J connectivity index is 2.14. The molecule has 0 radical (unpaired) electrons. The van der Waals surface area contributed by atoms with Gasteiger partial charge in [-0.2, -0.15) is 0 Å². The van der Waals surface area contributed by atoms with Crippen LogP contribution in [-0.2, 0) is 20.7 Å². The van der Waals surface area contributed by atoms with Crippen LogP contribution < -0.4 is 4.90 Å². The molecule has 1 atom stereocenters. The summed E-state index contributed by atoms with van der Waals surface area (Å²) < 4.78 is 4.73. The molecule has 6 nitrogen and oxygen atoms in total. The molecule has 1 aliphatic heterocycles. The lowest BCUT2D eigenvalue weighted by Gasteiger charge is -2.29. The number of carbonyl (C=O) groups excluding carboxylic acids is 3. The number of nitrogens with zero attached hydrogens (tertiary/aromatic N) is 1. The molecule has 1 unspecified atom stereocenters. The van der Waals surface area contributed by atoms with Crippen molar-refractivity contribution in [3.63, 3.8) is 0 Å². The number of hydrogen-bond donors (Lipinski definition) is 1. The minimum Gasteiger partial charge on any atom is -0.503 e. The molecule has 3 rings (SSSR count). The Morgan fingerprint density at radius 3 is 2.10 bits per heavy atom. The van der Waals surface area contributed by atoms with Crippen LogP contribution in [-0.4, -0.2) is 29.9 Å². The largest absolute Gasteiger partial charge is 0.503 e. The second-order valence-corrected chi connectivity index (χ2v) is 8.55. The SMILES string of the molecule is CCc1ccc(C2C(C(=O)C(C)(C)C)=C(O)C(=O)N2c2ccc(C(=O)OC)cc2)cc1. The van der Waals surface area contributed by atoms with Crippen molar-refractivity contribution in [2.24, 2.45) is 5.41 Å².